The number of carbonyl (C=O) groups is 2. The van der Waals surface area contributed by atoms with Crippen LogP contribution in [-0.4, -0.2) is 23.5 Å². The summed E-state index contributed by atoms with van der Waals surface area (Å²) in [7, 11) is 0. The molecule has 2 N–H and O–H groups in total. The largest absolute Gasteiger partial charge is 0.481 e. The van der Waals surface area contributed by atoms with Crippen molar-refractivity contribution in [3.8, 4) is 0 Å². The molecule has 0 saturated carbocycles. The number of benzene rings is 1. The van der Waals surface area contributed by atoms with E-state index in [1.165, 1.54) is 0 Å². The fourth-order valence-corrected chi connectivity index (χ4v) is 2.00. The Morgan fingerprint density at radius 1 is 1.19 bits per heavy atom. The molecule has 0 aliphatic rings. The quantitative estimate of drug-likeness (QED) is 0.855. The molecule has 0 fully saturated rings. The second kappa shape index (κ2) is 6.74. The Morgan fingerprint density at radius 3 is 2.48 bits per heavy atom. The van der Waals surface area contributed by atoms with E-state index in [2.05, 4.69) is 5.32 Å². The van der Waals surface area contributed by atoms with Gasteiger partial charge >= 0.3 is 5.97 Å². The second-order valence-electron chi connectivity index (χ2n) is 4.63. The summed E-state index contributed by atoms with van der Waals surface area (Å²) in [5, 5.41) is 11.9. The third-order valence-corrected chi connectivity index (χ3v) is 3.20. The summed E-state index contributed by atoms with van der Waals surface area (Å²) in [4.78, 5) is 23.3. The van der Waals surface area contributed by atoms with E-state index in [4.69, 9.17) is 4.42 Å². The van der Waals surface area contributed by atoms with Gasteiger partial charge in [0.25, 0.3) is 5.91 Å². The van der Waals surface area contributed by atoms with Crippen molar-refractivity contribution < 1.29 is 19.1 Å². The van der Waals surface area contributed by atoms with Gasteiger partial charge < -0.3 is 14.8 Å². The Balaban J connectivity index is 2.02. The average molecular weight is 287 g/mol. The van der Waals surface area contributed by atoms with Crippen LogP contribution < -0.4 is 5.32 Å². The molecule has 1 aromatic heterocycles. The van der Waals surface area contributed by atoms with Crippen molar-refractivity contribution in [2.75, 3.05) is 6.54 Å². The zero-order valence-corrected chi connectivity index (χ0v) is 11.7. The highest BCUT2D eigenvalue weighted by Gasteiger charge is 2.21. The van der Waals surface area contributed by atoms with Gasteiger partial charge in [0.15, 0.2) is 5.76 Å². The van der Waals surface area contributed by atoms with Crippen molar-refractivity contribution in [1.82, 2.24) is 5.32 Å². The number of hydrogen-bond acceptors (Lipinski definition) is 3. The highest BCUT2D eigenvalue weighted by Crippen LogP contribution is 2.15. The summed E-state index contributed by atoms with van der Waals surface area (Å²) in [6.07, 6.45) is 0.703. The van der Waals surface area contributed by atoms with Gasteiger partial charge in [-0.25, -0.2) is 0 Å². The van der Waals surface area contributed by atoms with Crippen molar-refractivity contribution in [3.05, 3.63) is 59.5 Å². The number of aryl methyl sites for hydroxylation is 1. The highest BCUT2D eigenvalue weighted by molar-refractivity contribution is 5.92. The normalized spacial score (nSPS) is 11.9. The average Bonchev–Trinajstić information content (AvgIpc) is 2.97. The first kappa shape index (κ1) is 14.8. The van der Waals surface area contributed by atoms with Crippen LogP contribution in [0.1, 0.15) is 34.7 Å². The predicted molar refractivity (Wildman–Crippen MR) is 77.2 cm³/mol. The van der Waals surface area contributed by atoms with Crippen molar-refractivity contribution in [3.63, 3.8) is 0 Å². The van der Waals surface area contributed by atoms with Gasteiger partial charge in [-0.3, -0.25) is 9.59 Å². The van der Waals surface area contributed by atoms with Gasteiger partial charge in [0, 0.05) is 13.0 Å². The number of carboxylic acid groups (broad SMARTS) is 1. The number of furan rings is 1. The molecule has 2 aromatic rings. The van der Waals surface area contributed by atoms with Crippen LogP contribution in [0.5, 0.6) is 0 Å². The molecule has 5 heteroatoms. The maximum absolute atomic E-state index is 11.9. The molecule has 0 saturated heterocycles. The first-order valence-corrected chi connectivity index (χ1v) is 6.76. The molecule has 21 heavy (non-hydrogen) atoms. The second-order valence-corrected chi connectivity index (χ2v) is 4.63. The number of rotatable bonds is 6. The van der Waals surface area contributed by atoms with Crippen LogP contribution in [0.2, 0.25) is 0 Å². The molecule has 1 amide bonds. The molecular weight excluding hydrogens is 270 g/mol. The van der Waals surface area contributed by atoms with E-state index >= 15 is 0 Å². The molecule has 1 aromatic carbocycles. The molecule has 1 unspecified atom stereocenters. The minimum atomic E-state index is -0.977. The van der Waals surface area contributed by atoms with Gasteiger partial charge in [-0.2, -0.15) is 0 Å². The zero-order chi connectivity index (χ0) is 15.2. The van der Waals surface area contributed by atoms with Crippen molar-refractivity contribution >= 4 is 11.9 Å². The smallest absolute Gasteiger partial charge is 0.312 e. The lowest BCUT2D eigenvalue weighted by Crippen LogP contribution is -2.31. The minimum absolute atomic E-state index is 0.0142. The molecule has 110 valence electrons. The first-order chi connectivity index (χ1) is 10.1. The lowest BCUT2D eigenvalue weighted by molar-refractivity contribution is -0.138. The summed E-state index contributed by atoms with van der Waals surface area (Å²) >= 11 is 0. The number of hydrogen-bond donors (Lipinski definition) is 2. The predicted octanol–water partition coefficient (Wildman–Crippen LogP) is 2.44. The number of carboxylic acids is 1. The summed E-state index contributed by atoms with van der Waals surface area (Å²) < 4.78 is 5.33. The molecular formula is C16H17NO4. The monoisotopic (exact) mass is 287 g/mol. The van der Waals surface area contributed by atoms with Crippen molar-refractivity contribution in [2.24, 2.45) is 0 Å². The number of aliphatic carboxylic acids is 1. The van der Waals surface area contributed by atoms with Crippen molar-refractivity contribution in [2.45, 2.75) is 19.3 Å². The van der Waals surface area contributed by atoms with Crippen LogP contribution >= 0.6 is 0 Å². The van der Waals surface area contributed by atoms with Gasteiger partial charge in [0.2, 0.25) is 0 Å². The Labute approximate surface area is 122 Å². The molecule has 0 spiro atoms. The standard InChI is InChI=1S/C16H17NO4/c1-2-12-8-9-14(21-12)15(18)17-10-13(16(19)20)11-6-4-3-5-7-11/h3-9,13H,2,10H2,1H3,(H,17,18)(H,19,20). The topological polar surface area (TPSA) is 79.5 Å². The lowest BCUT2D eigenvalue weighted by atomic mass is 9.99. The van der Waals surface area contributed by atoms with Gasteiger partial charge in [-0.15, -0.1) is 0 Å². The number of amides is 1. The van der Waals surface area contributed by atoms with Crippen molar-refractivity contribution in [1.29, 1.82) is 0 Å². The third kappa shape index (κ3) is 3.72. The van der Waals surface area contributed by atoms with Gasteiger partial charge in [-0.05, 0) is 17.7 Å². The van der Waals surface area contributed by atoms with Crippen LogP contribution in [0, 0.1) is 0 Å². The molecule has 1 atom stereocenters. The Hall–Kier alpha value is -2.56. The van der Waals surface area contributed by atoms with E-state index in [0.717, 1.165) is 5.76 Å². The Kier molecular flexibility index (Phi) is 4.77. The van der Waals surface area contributed by atoms with Gasteiger partial charge in [-0.1, -0.05) is 37.3 Å². The molecule has 0 aliphatic heterocycles. The summed E-state index contributed by atoms with van der Waals surface area (Å²) in [5.41, 5.74) is 0.652. The maximum Gasteiger partial charge on any atom is 0.312 e. The van der Waals surface area contributed by atoms with E-state index < -0.39 is 17.8 Å². The van der Waals surface area contributed by atoms with Crippen LogP contribution in [0.25, 0.3) is 0 Å². The van der Waals surface area contributed by atoms with E-state index in [0.29, 0.717) is 12.0 Å². The molecule has 0 aliphatic carbocycles. The Bertz CT molecular complexity index is 618. The maximum atomic E-state index is 11.9. The highest BCUT2D eigenvalue weighted by atomic mass is 16.4. The van der Waals surface area contributed by atoms with Crippen LogP contribution in [0.3, 0.4) is 0 Å². The summed E-state index contributed by atoms with van der Waals surface area (Å²) in [6.45, 7) is 1.94. The van der Waals surface area contributed by atoms with E-state index in [1.54, 1.807) is 36.4 Å². The molecule has 0 radical (unpaired) electrons. The van der Waals surface area contributed by atoms with E-state index in [9.17, 15) is 14.7 Å². The first-order valence-electron chi connectivity index (χ1n) is 6.76. The minimum Gasteiger partial charge on any atom is -0.481 e. The molecule has 0 bridgehead atoms. The van der Waals surface area contributed by atoms with Gasteiger partial charge in [0.1, 0.15) is 5.76 Å². The summed E-state index contributed by atoms with van der Waals surface area (Å²) in [6, 6.07) is 12.1. The SMILES string of the molecule is CCc1ccc(C(=O)NCC(C(=O)O)c2ccccc2)o1. The van der Waals surface area contributed by atoms with Crippen LogP contribution in [0.4, 0.5) is 0 Å². The molecule has 5 nitrogen and oxygen atoms in total. The number of nitrogens with one attached hydrogen (secondary N) is 1. The van der Waals surface area contributed by atoms with Crippen LogP contribution in [-0.2, 0) is 11.2 Å². The van der Waals surface area contributed by atoms with E-state index in [-0.39, 0.29) is 12.3 Å². The fourth-order valence-electron chi connectivity index (χ4n) is 2.00. The fraction of sp³-hybridized carbons (Fsp3) is 0.250. The summed E-state index contributed by atoms with van der Waals surface area (Å²) in [5.74, 6) is -1.25. The van der Waals surface area contributed by atoms with E-state index in [1.807, 2.05) is 13.0 Å². The number of carbonyl (C=O) groups excluding carboxylic acids is 1. The molecule has 2 rings (SSSR count). The Morgan fingerprint density at radius 2 is 1.90 bits per heavy atom. The molecule has 1 heterocycles. The zero-order valence-electron chi connectivity index (χ0n) is 11.7. The van der Waals surface area contributed by atoms with Gasteiger partial charge in [0.05, 0.1) is 5.92 Å². The third-order valence-electron chi connectivity index (χ3n) is 3.20. The lowest BCUT2D eigenvalue weighted by Gasteiger charge is -2.13. The van der Waals surface area contributed by atoms with Crippen LogP contribution in [0.15, 0.2) is 46.9 Å².